The number of nitrogens with two attached hydrogens (primary N) is 1. The lowest BCUT2D eigenvalue weighted by Crippen LogP contribution is -2.46. The number of nitrogens with zero attached hydrogens (tertiary/aromatic N) is 2. The van der Waals surface area contributed by atoms with Crippen LogP contribution in [0, 0.1) is 11.3 Å². The quantitative estimate of drug-likeness (QED) is 0.849. The summed E-state index contributed by atoms with van der Waals surface area (Å²) in [5.74, 6) is 0.0401. The van der Waals surface area contributed by atoms with Crippen molar-refractivity contribution in [3.8, 4) is 0 Å². The second kappa shape index (κ2) is 8.59. The van der Waals surface area contributed by atoms with Crippen molar-refractivity contribution in [3.05, 3.63) is 34.9 Å². The highest BCUT2D eigenvalue weighted by Gasteiger charge is 2.38. The van der Waals surface area contributed by atoms with Gasteiger partial charge in [0, 0.05) is 36.8 Å². The molecule has 0 aliphatic carbocycles. The molecule has 1 aromatic carbocycles. The molecule has 0 radical (unpaired) electrons. The fourth-order valence-electron chi connectivity index (χ4n) is 3.77. The molecule has 2 amide bonds. The van der Waals surface area contributed by atoms with Crippen molar-refractivity contribution in [1.29, 1.82) is 0 Å². The summed E-state index contributed by atoms with van der Waals surface area (Å²) in [6.07, 6.45) is 2.66. The average molecular weight is 400 g/mol. The topological polar surface area (TPSA) is 66.6 Å². The normalized spacial score (nSPS) is 25.7. The van der Waals surface area contributed by atoms with Crippen molar-refractivity contribution in [1.82, 2.24) is 9.80 Å². The maximum atomic E-state index is 12.9. The molecule has 5 nitrogen and oxygen atoms in total. The zero-order chi connectivity index (χ0) is 18.0. The summed E-state index contributed by atoms with van der Waals surface area (Å²) < 4.78 is 0. The predicted molar refractivity (Wildman–Crippen MR) is 106 cm³/mol. The monoisotopic (exact) mass is 399 g/mol. The minimum Gasteiger partial charge on any atom is -0.342 e. The Labute approximate surface area is 166 Å². The number of piperidine rings is 1. The Kier molecular flexibility index (Phi) is 6.94. The van der Waals surface area contributed by atoms with E-state index in [-0.39, 0.29) is 35.6 Å². The zero-order valence-corrected chi connectivity index (χ0v) is 16.7. The van der Waals surface area contributed by atoms with Crippen LogP contribution in [0.15, 0.2) is 24.3 Å². The molecule has 1 aromatic rings. The molecule has 7 heteroatoms. The van der Waals surface area contributed by atoms with E-state index in [0.717, 1.165) is 32.4 Å². The Morgan fingerprint density at radius 1 is 1.23 bits per heavy atom. The van der Waals surface area contributed by atoms with Crippen molar-refractivity contribution in [2.24, 2.45) is 17.1 Å². The number of hydrogen-bond acceptors (Lipinski definition) is 3. The molecule has 144 valence electrons. The van der Waals surface area contributed by atoms with Gasteiger partial charge in [0.25, 0.3) is 5.91 Å². The molecule has 2 saturated heterocycles. The fourth-order valence-corrected chi connectivity index (χ4v) is 3.90. The maximum absolute atomic E-state index is 12.9. The molecule has 2 fully saturated rings. The number of carbonyl (C=O) groups is 2. The van der Waals surface area contributed by atoms with Gasteiger partial charge in [0.1, 0.15) is 0 Å². The highest BCUT2D eigenvalue weighted by atomic mass is 35.5. The van der Waals surface area contributed by atoms with Crippen LogP contribution in [0.3, 0.4) is 0 Å². The van der Waals surface area contributed by atoms with Gasteiger partial charge in [-0.05, 0) is 55.5 Å². The first-order valence-corrected chi connectivity index (χ1v) is 9.33. The van der Waals surface area contributed by atoms with E-state index in [1.807, 2.05) is 4.90 Å². The van der Waals surface area contributed by atoms with Crippen LogP contribution in [0.1, 0.15) is 36.5 Å². The summed E-state index contributed by atoms with van der Waals surface area (Å²) in [5, 5.41) is 0.611. The molecule has 0 aromatic heterocycles. The molecular weight excluding hydrogens is 373 g/mol. The van der Waals surface area contributed by atoms with E-state index < -0.39 is 0 Å². The Balaban J connectivity index is 0.00000243. The fraction of sp³-hybridized carbons (Fsp3) is 0.579. The number of likely N-dealkylation sites (tertiary alicyclic amines) is 2. The van der Waals surface area contributed by atoms with Gasteiger partial charge in [0.15, 0.2) is 0 Å². The van der Waals surface area contributed by atoms with Crippen molar-refractivity contribution in [2.75, 3.05) is 32.7 Å². The van der Waals surface area contributed by atoms with Gasteiger partial charge in [0.05, 0.1) is 5.92 Å². The van der Waals surface area contributed by atoms with E-state index in [4.69, 9.17) is 17.3 Å². The summed E-state index contributed by atoms with van der Waals surface area (Å²) >= 11 is 5.89. The van der Waals surface area contributed by atoms with Crippen LogP contribution in [0.4, 0.5) is 0 Å². The average Bonchev–Trinajstić information content (AvgIpc) is 3.04. The Bertz CT molecular complexity index is 653. The largest absolute Gasteiger partial charge is 0.342 e. The number of halogens is 2. The van der Waals surface area contributed by atoms with Gasteiger partial charge in [-0.2, -0.15) is 0 Å². The van der Waals surface area contributed by atoms with Crippen LogP contribution in [-0.2, 0) is 4.79 Å². The van der Waals surface area contributed by atoms with Crippen LogP contribution in [0.25, 0.3) is 0 Å². The highest BCUT2D eigenvalue weighted by Crippen LogP contribution is 2.31. The molecule has 2 aliphatic heterocycles. The summed E-state index contributed by atoms with van der Waals surface area (Å²) in [5.41, 5.74) is 6.50. The van der Waals surface area contributed by atoms with Crippen molar-refractivity contribution in [2.45, 2.75) is 26.2 Å². The molecule has 2 aliphatic rings. The van der Waals surface area contributed by atoms with Crippen molar-refractivity contribution < 1.29 is 9.59 Å². The Morgan fingerprint density at radius 3 is 2.54 bits per heavy atom. The minimum absolute atomic E-state index is 0. The minimum atomic E-state index is -0.106. The van der Waals surface area contributed by atoms with E-state index in [2.05, 4.69) is 6.92 Å². The third kappa shape index (κ3) is 4.51. The van der Waals surface area contributed by atoms with Crippen molar-refractivity contribution in [3.63, 3.8) is 0 Å². The predicted octanol–water partition coefficient (Wildman–Crippen LogP) is 2.81. The van der Waals surface area contributed by atoms with E-state index in [9.17, 15) is 9.59 Å². The highest BCUT2D eigenvalue weighted by molar-refractivity contribution is 6.30. The summed E-state index contributed by atoms with van der Waals surface area (Å²) in [4.78, 5) is 29.3. The molecule has 0 spiro atoms. The van der Waals surface area contributed by atoms with E-state index in [1.165, 1.54) is 0 Å². The van der Waals surface area contributed by atoms with Crippen LogP contribution in [-0.4, -0.2) is 54.3 Å². The molecule has 2 heterocycles. The second-order valence-electron chi connectivity index (χ2n) is 7.62. The van der Waals surface area contributed by atoms with Gasteiger partial charge in [0.2, 0.25) is 5.91 Å². The van der Waals surface area contributed by atoms with Crippen LogP contribution >= 0.6 is 24.0 Å². The summed E-state index contributed by atoms with van der Waals surface area (Å²) in [7, 11) is 0. The summed E-state index contributed by atoms with van der Waals surface area (Å²) in [6.45, 7) is 5.43. The smallest absolute Gasteiger partial charge is 0.253 e. The standard InChI is InChI=1S/C19H26ClN3O2.ClH/c1-19(12-21)8-10-23(13-19)18(25)15-3-2-9-22(11-15)17(24)14-4-6-16(20)7-5-14;/h4-7,15H,2-3,8-13,21H2,1H3;1H. The van der Waals surface area contributed by atoms with Gasteiger partial charge in [-0.25, -0.2) is 0 Å². The molecule has 2 N–H and O–H groups in total. The van der Waals surface area contributed by atoms with Crippen LogP contribution in [0.5, 0.6) is 0 Å². The molecule has 0 bridgehead atoms. The Hall–Kier alpha value is -1.30. The number of amides is 2. The first-order valence-electron chi connectivity index (χ1n) is 8.95. The van der Waals surface area contributed by atoms with Gasteiger partial charge >= 0.3 is 0 Å². The lowest BCUT2D eigenvalue weighted by atomic mass is 9.90. The first kappa shape index (κ1) is 21.0. The lowest BCUT2D eigenvalue weighted by molar-refractivity contribution is -0.136. The lowest BCUT2D eigenvalue weighted by Gasteiger charge is -2.34. The molecule has 2 atom stereocenters. The van der Waals surface area contributed by atoms with Crippen molar-refractivity contribution >= 4 is 35.8 Å². The van der Waals surface area contributed by atoms with Gasteiger partial charge in [-0.3, -0.25) is 9.59 Å². The van der Waals surface area contributed by atoms with E-state index in [0.29, 0.717) is 30.2 Å². The molecule has 26 heavy (non-hydrogen) atoms. The SMILES string of the molecule is CC1(CN)CCN(C(=O)C2CCCN(C(=O)c3ccc(Cl)cc3)C2)C1.Cl. The maximum Gasteiger partial charge on any atom is 0.253 e. The first-order chi connectivity index (χ1) is 11.9. The zero-order valence-electron chi connectivity index (χ0n) is 15.1. The van der Waals surface area contributed by atoms with Crippen LogP contribution in [0.2, 0.25) is 5.02 Å². The third-order valence-corrected chi connectivity index (χ3v) is 5.76. The third-order valence-electron chi connectivity index (χ3n) is 5.51. The number of carbonyl (C=O) groups excluding carboxylic acids is 2. The van der Waals surface area contributed by atoms with Gasteiger partial charge < -0.3 is 15.5 Å². The van der Waals surface area contributed by atoms with Gasteiger partial charge in [-0.1, -0.05) is 18.5 Å². The number of rotatable bonds is 3. The molecule has 3 rings (SSSR count). The molecular formula is C19H27Cl2N3O2. The van der Waals surface area contributed by atoms with E-state index >= 15 is 0 Å². The summed E-state index contributed by atoms with van der Waals surface area (Å²) in [6, 6.07) is 6.92. The van der Waals surface area contributed by atoms with E-state index in [1.54, 1.807) is 29.2 Å². The number of hydrogen-bond donors (Lipinski definition) is 1. The molecule has 2 unspecified atom stereocenters. The second-order valence-corrected chi connectivity index (χ2v) is 8.06. The molecule has 0 saturated carbocycles. The Morgan fingerprint density at radius 2 is 1.92 bits per heavy atom. The number of benzene rings is 1. The van der Waals surface area contributed by atoms with Gasteiger partial charge in [-0.15, -0.1) is 12.4 Å². The van der Waals surface area contributed by atoms with Crippen LogP contribution < -0.4 is 5.73 Å².